The molecule has 27 heavy (non-hydrogen) atoms. The van der Waals surface area contributed by atoms with E-state index in [1.807, 2.05) is 0 Å². The molecule has 0 aliphatic rings. The lowest BCUT2D eigenvalue weighted by Gasteiger charge is -2.15. The number of non-ortho nitro benzene ring substituents is 1. The minimum atomic E-state index is -3.94. The molecule has 0 radical (unpaired) electrons. The Bertz CT molecular complexity index is 974. The molecular formula is C17H19N3O6S. The van der Waals surface area contributed by atoms with E-state index in [9.17, 15) is 23.3 Å². The molecule has 0 aliphatic carbocycles. The van der Waals surface area contributed by atoms with Crippen LogP contribution in [-0.4, -0.2) is 32.4 Å². The van der Waals surface area contributed by atoms with Crippen molar-refractivity contribution in [3.63, 3.8) is 0 Å². The van der Waals surface area contributed by atoms with Gasteiger partial charge in [0, 0.05) is 17.8 Å². The van der Waals surface area contributed by atoms with Gasteiger partial charge in [0.25, 0.3) is 5.69 Å². The Hall–Kier alpha value is -2.98. The molecule has 144 valence electrons. The van der Waals surface area contributed by atoms with E-state index in [-0.39, 0.29) is 16.3 Å². The van der Waals surface area contributed by atoms with Crippen LogP contribution < -0.4 is 14.8 Å². The number of ether oxygens (including phenoxy) is 1. The number of nitro benzene ring substituents is 1. The molecule has 0 fully saturated rings. The van der Waals surface area contributed by atoms with E-state index in [0.29, 0.717) is 11.3 Å². The summed E-state index contributed by atoms with van der Waals surface area (Å²) in [6, 6.07) is 8.60. The van der Waals surface area contributed by atoms with Gasteiger partial charge in [-0.05, 0) is 43.7 Å². The number of rotatable bonds is 7. The van der Waals surface area contributed by atoms with Gasteiger partial charge in [0.2, 0.25) is 15.9 Å². The maximum absolute atomic E-state index is 12.5. The highest BCUT2D eigenvalue weighted by molar-refractivity contribution is 7.89. The number of carbonyl (C=O) groups is 1. The van der Waals surface area contributed by atoms with Crippen molar-refractivity contribution in [2.75, 3.05) is 12.4 Å². The van der Waals surface area contributed by atoms with Crippen LogP contribution in [0.5, 0.6) is 5.75 Å². The van der Waals surface area contributed by atoms with Crippen LogP contribution in [0, 0.1) is 17.0 Å². The van der Waals surface area contributed by atoms with E-state index in [2.05, 4.69) is 10.0 Å². The van der Waals surface area contributed by atoms with Crippen molar-refractivity contribution in [2.24, 2.45) is 0 Å². The van der Waals surface area contributed by atoms with E-state index in [1.54, 1.807) is 6.92 Å². The fourth-order valence-corrected chi connectivity index (χ4v) is 3.61. The molecular weight excluding hydrogens is 374 g/mol. The molecule has 0 heterocycles. The van der Waals surface area contributed by atoms with Gasteiger partial charge in [-0.2, -0.15) is 4.72 Å². The average molecular weight is 393 g/mol. The van der Waals surface area contributed by atoms with Crippen LogP contribution >= 0.6 is 0 Å². The molecule has 0 saturated carbocycles. The lowest BCUT2D eigenvalue weighted by Crippen LogP contribution is -2.41. The van der Waals surface area contributed by atoms with Gasteiger partial charge in [0.1, 0.15) is 5.75 Å². The van der Waals surface area contributed by atoms with Gasteiger partial charge in [0.15, 0.2) is 0 Å². The van der Waals surface area contributed by atoms with Crippen LogP contribution in [0.3, 0.4) is 0 Å². The summed E-state index contributed by atoms with van der Waals surface area (Å²) < 4.78 is 32.3. The Morgan fingerprint density at radius 1 is 1.22 bits per heavy atom. The normalized spacial score (nSPS) is 12.3. The van der Waals surface area contributed by atoms with E-state index < -0.39 is 26.9 Å². The Labute approximate surface area is 156 Å². The predicted molar refractivity (Wildman–Crippen MR) is 99.2 cm³/mol. The monoisotopic (exact) mass is 393 g/mol. The molecule has 2 aromatic rings. The van der Waals surface area contributed by atoms with Crippen LogP contribution in [-0.2, 0) is 14.8 Å². The molecule has 9 nitrogen and oxygen atoms in total. The summed E-state index contributed by atoms with van der Waals surface area (Å²) in [4.78, 5) is 22.4. The molecule has 0 saturated heterocycles. The molecule has 2 N–H and O–H groups in total. The summed E-state index contributed by atoms with van der Waals surface area (Å²) in [6.07, 6.45) is 0. The number of methoxy groups -OCH3 is 1. The number of anilines is 1. The third-order valence-corrected chi connectivity index (χ3v) is 5.26. The molecule has 0 aliphatic heterocycles. The number of carbonyl (C=O) groups excluding carboxylic acids is 1. The predicted octanol–water partition coefficient (Wildman–Crippen LogP) is 2.22. The largest absolute Gasteiger partial charge is 0.496 e. The van der Waals surface area contributed by atoms with Gasteiger partial charge in [-0.25, -0.2) is 8.42 Å². The first-order valence-electron chi connectivity index (χ1n) is 7.86. The number of hydrogen-bond donors (Lipinski definition) is 2. The number of sulfonamides is 1. The summed E-state index contributed by atoms with van der Waals surface area (Å²) in [5, 5.41) is 13.2. The highest BCUT2D eigenvalue weighted by Gasteiger charge is 2.23. The number of aryl methyl sites for hydroxylation is 1. The van der Waals surface area contributed by atoms with Crippen LogP contribution in [0.25, 0.3) is 0 Å². The second kappa shape index (κ2) is 8.14. The second-order valence-corrected chi connectivity index (χ2v) is 7.49. The quantitative estimate of drug-likeness (QED) is 0.548. The molecule has 10 heteroatoms. The Morgan fingerprint density at radius 3 is 2.52 bits per heavy atom. The van der Waals surface area contributed by atoms with Crippen LogP contribution in [0.4, 0.5) is 11.4 Å². The fraction of sp³-hybridized carbons (Fsp3) is 0.235. The molecule has 1 amide bonds. The Kier molecular flexibility index (Phi) is 6.13. The highest BCUT2D eigenvalue weighted by Crippen LogP contribution is 2.21. The second-order valence-electron chi connectivity index (χ2n) is 5.77. The number of nitro groups is 1. The van der Waals surface area contributed by atoms with Gasteiger partial charge < -0.3 is 10.1 Å². The van der Waals surface area contributed by atoms with E-state index in [1.165, 1.54) is 56.5 Å². The summed E-state index contributed by atoms with van der Waals surface area (Å²) in [5.74, 6) is -0.102. The Morgan fingerprint density at radius 2 is 1.93 bits per heavy atom. The number of amides is 1. The average Bonchev–Trinajstić information content (AvgIpc) is 2.61. The van der Waals surface area contributed by atoms with Crippen molar-refractivity contribution in [3.8, 4) is 5.75 Å². The van der Waals surface area contributed by atoms with Crippen molar-refractivity contribution in [2.45, 2.75) is 24.8 Å². The summed E-state index contributed by atoms with van der Waals surface area (Å²) >= 11 is 0. The lowest BCUT2D eigenvalue weighted by atomic mass is 10.2. The van der Waals surface area contributed by atoms with Gasteiger partial charge in [0.05, 0.1) is 23.0 Å². The third kappa shape index (κ3) is 5.02. The number of hydrogen-bond acceptors (Lipinski definition) is 6. The van der Waals surface area contributed by atoms with Crippen LogP contribution in [0.1, 0.15) is 12.5 Å². The molecule has 0 spiro atoms. The van der Waals surface area contributed by atoms with Gasteiger partial charge in [-0.3, -0.25) is 14.9 Å². The summed E-state index contributed by atoms with van der Waals surface area (Å²) in [7, 11) is -2.46. The summed E-state index contributed by atoms with van der Waals surface area (Å²) in [5.41, 5.74) is 0.643. The number of nitrogens with zero attached hydrogens (tertiary/aromatic N) is 1. The maximum Gasteiger partial charge on any atom is 0.271 e. The zero-order valence-electron chi connectivity index (χ0n) is 14.9. The molecule has 2 aromatic carbocycles. The first-order chi connectivity index (χ1) is 12.6. The zero-order valence-corrected chi connectivity index (χ0v) is 15.7. The molecule has 0 unspecified atom stereocenters. The van der Waals surface area contributed by atoms with Crippen molar-refractivity contribution < 1.29 is 22.9 Å². The van der Waals surface area contributed by atoms with E-state index >= 15 is 0 Å². The van der Waals surface area contributed by atoms with Crippen LogP contribution in [0.15, 0.2) is 47.4 Å². The molecule has 0 aromatic heterocycles. The van der Waals surface area contributed by atoms with Gasteiger partial charge in [-0.15, -0.1) is 0 Å². The minimum absolute atomic E-state index is 0.00389. The first kappa shape index (κ1) is 20.3. The first-order valence-corrected chi connectivity index (χ1v) is 9.34. The van der Waals surface area contributed by atoms with E-state index in [4.69, 9.17) is 4.74 Å². The standard InChI is InChI=1S/C17H19N3O6S/c1-11-9-15(7-8-16(11)26-3)27(24,25)19-12(2)17(21)18-13-5-4-6-14(10-13)20(22)23/h4-10,12,19H,1-3H3,(H,18,21)/t12-/m0/s1. The minimum Gasteiger partial charge on any atom is -0.496 e. The van der Waals surface area contributed by atoms with Gasteiger partial charge in [-0.1, -0.05) is 6.07 Å². The third-order valence-electron chi connectivity index (χ3n) is 3.73. The fourth-order valence-electron chi connectivity index (χ4n) is 2.32. The smallest absolute Gasteiger partial charge is 0.271 e. The Balaban J connectivity index is 2.12. The number of nitrogens with one attached hydrogen (secondary N) is 2. The van der Waals surface area contributed by atoms with E-state index in [0.717, 1.165) is 0 Å². The van der Waals surface area contributed by atoms with Crippen molar-refractivity contribution >= 4 is 27.3 Å². The van der Waals surface area contributed by atoms with Crippen molar-refractivity contribution in [1.82, 2.24) is 4.72 Å². The van der Waals surface area contributed by atoms with Crippen molar-refractivity contribution in [3.05, 3.63) is 58.1 Å². The zero-order chi connectivity index (χ0) is 20.2. The van der Waals surface area contributed by atoms with Gasteiger partial charge >= 0.3 is 0 Å². The molecule has 2 rings (SSSR count). The lowest BCUT2D eigenvalue weighted by molar-refractivity contribution is -0.384. The topological polar surface area (TPSA) is 128 Å². The highest BCUT2D eigenvalue weighted by atomic mass is 32.2. The maximum atomic E-state index is 12.5. The summed E-state index contributed by atoms with van der Waals surface area (Å²) in [6.45, 7) is 3.08. The van der Waals surface area contributed by atoms with Crippen LogP contribution in [0.2, 0.25) is 0 Å². The molecule has 1 atom stereocenters. The number of benzene rings is 2. The molecule has 0 bridgehead atoms. The van der Waals surface area contributed by atoms with Crippen molar-refractivity contribution in [1.29, 1.82) is 0 Å². The SMILES string of the molecule is COc1ccc(S(=O)(=O)N[C@@H](C)C(=O)Nc2cccc([N+](=O)[O-])c2)cc1C.